The van der Waals surface area contributed by atoms with Crippen molar-refractivity contribution in [2.75, 3.05) is 0 Å². The number of hydrogen-bond acceptors (Lipinski definition) is 1. The zero-order valence-corrected chi connectivity index (χ0v) is 10.1. The van der Waals surface area contributed by atoms with Crippen molar-refractivity contribution in [3.05, 3.63) is 17.0 Å². The van der Waals surface area contributed by atoms with Gasteiger partial charge >= 0.3 is 0 Å². The molecule has 0 amide bonds. The average molecular weight is 262 g/mol. The maximum atomic E-state index is 14.1. The third kappa shape index (κ3) is 1.44. The number of halogens is 4. The highest BCUT2D eigenvalue weighted by Gasteiger charge is 2.67. The number of alkyl halides is 4. The molecule has 1 saturated carbocycles. The van der Waals surface area contributed by atoms with Crippen LogP contribution >= 0.6 is 0 Å². The predicted molar refractivity (Wildman–Crippen MR) is 56.8 cm³/mol. The Balaban J connectivity index is 2.13. The minimum atomic E-state index is -2.99. The smallest absolute Gasteiger partial charge is 0.262 e. The second-order valence-electron chi connectivity index (χ2n) is 5.60. The average Bonchev–Trinajstić information content (AvgIpc) is 2.88. The van der Waals surface area contributed by atoms with E-state index in [9.17, 15) is 17.6 Å². The van der Waals surface area contributed by atoms with E-state index in [2.05, 4.69) is 5.10 Å². The molecule has 0 radical (unpaired) electrons. The van der Waals surface area contributed by atoms with Crippen molar-refractivity contribution in [2.24, 2.45) is 11.8 Å². The van der Waals surface area contributed by atoms with Crippen molar-refractivity contribution in [3.8, 4) is 0 Å². The molecule has 0 spiro atoms. The van der Waals surface area contributed by atoms with E-state index in [-0.39, 0.29) is 23.7 Å². The quantitative estimate of drug-likeness (QED) is 0.760. The molecule has 0 saturated heterocycles. The van der Waals surface area contributed by atoms with E-state index in [0.717, 1.165) is 4.68 Å². The maximum absolute atomic E-state index is 14.1. The minimum Gasteiger partial charge on any atom is -0.262 e. The highest BCUT2D eigenvalue weighted by Crippen LogP contribution is 2.68. The van der Waals surface area contributed by atoms with Gasteiger partial charge in [0, 0.05) is 18.0 Å². The summed E-state index contributed by atoms with van der Waals surface area (Å²) in [7, 11) is 0. The molecule has 0 aliphatic heterocycles. The van der Waals surface area contributed by atoms with Crippen LogP contribution in [0.25, 0.3) is 0 Å². The first-order chi connectivity index (χ1) is 8.34. The van der Waals surface area contributed by atoms with Gasteiger partial charge in [0.05, 0.1) is 0 Å². The van der Waals surface area contributed by atoms with Crippen LogP contribution in [0.15, 0.2) is 0 Å². The van der Waals surface area contributed by atoms with Gasteiger partial charge in [0.15, 0.2) is 0 Å². The van der Waals surface area contributed by atoms with Gasteiger partial charge in [-0.15, -0.1) is 0 Å². The fourth-order valence-corrected chi connectivity index (χ4v) is 2.94. The Hall–Kier alpha value is -1.07. The van der Waals surface area contributed by atoms with Crippen LogP contribution in [0.1, 0.15) is 49.6 Å². The van der Waals surface area contributed by atoms with Gasteiger partial charge in [0.2, 0.25) is 0 Å². The van der Waals surface area contributed by atoms with Gasteiger partial charge in [-0.3, -0.25) is 4.68 Å². The van der Waals surface area contributed by atoms with Crippen molar-refractivity contribution in [1.29, 1.82) is 0 Å². The molecule has 1 aromatic rings. The van der Waals surface area contributed by atoms with E-state index >= 15 is 0 Å². The first-order valence-corrected chi connectivity index (χ1v) is 6.11. The van der Waals surface area contributed by atoms with Crippen LogP contribution < -0.4 is 0 Å². The normalized spacial score (nSPS) is 27.8. The largest absolute Gasteiger partial charge is 0.293 e. The van der Waals surface area contributed by atoms with E-state index in [0.29, 0.717) is 6.42 Å². The molecule has 3 rings (SSSR count). The molecule has 6 heteroatoms. The highest BCUT2D eigenvalue weighted by atomic mass is 19.3. The summed E-state index contributed by atoms with van der Waals surface area (Å²) in [5, 5.41) is 3.73. The van der Waals surface area contributed by atoms with E-state index in [1.807, 2.05) is 13.8 Å². The zero-order valence-electron chi connectivity index (χ0n) is 10.1. The Morgan fingerprint density at radius 1 is 1.39 bits per heavy atom. The standard InChI is InChI=1S/C12H14F4N2/c1-5(2)4-18-10-8(9(17-18)11(13)14)6-3-7(6)12(10,15)16/h5-7,11H,3-4H2,1-2H3/t6-,7+/m0/s1. The fraction of sp³-hybridized carbons (Fsp3) is 0.750. The monoisotopic (exact) mass is 262 g/mol. The van der Waals surface area contributed by atoms with Crippen LogP contribution in [0.4, 0.5) is 17.6 Å². The first kappa shape index (κ1) is 12.0. The van der Waals surface area contributed by atoms with Crippen molar-refractivity contribution < 1.29 is 17.6 Å². The zero-order chi connectivity index (χ0) is 13.2. The molecule has 2 nitrogen and oxygen atoms in total. The third-order valence-corrected chi connectivity index (χ3v) is 3.71. The summed E-state index contributed by atoms with van der Waals surface area (Å²) >= 11 is 0. The molecule has 1 aromatic heterocycles. The van der Waals surface area contributed by atoms with E-state index in [1.165, 1.54) is 0 Å². The van der Waals surface area contributed by atoms with Crippen LogP contribution in [0, 0.1) is 11.8 Å². The molecular formula is C12H14F4N2. The number of nitrogens with zero attached hydrogens (tertiary/aromatic N) is 2. The van der Waals surface area contributed by atoms with E-state index in [1.54, 1.807) is 0 Å². The second-order valence-corrected chi connectivity index (χ2v) is 5.60. The Bertz CT molecular complexity index is 493. The van der Waals surface area contributed by atoms with Crippen LogP contribution in [0.5, 0.6) is 0 Å². The topological polar surface area (TPSA) is 17.8 Å². The van der Waals surface area contributed by atoms with Gasteiger partial charge in [0.25, 0.3) is 12.3 Å². The van der Waals surface area contributed by atoms with Crippen LogP contribution in [-0.2, 0) is 12.5 Å². The van der Waals surface area contributed by atoms with Gasteiger partial charge in [-0.25, -0.2) is 8.78 Å². The van der Waals surface area contributed by atoms with Crippen molar-refractivity contribution in [1.82, 2.24) is 9.78 Å². The Kier molecular flexibility index (Phi) is 2.32. The molecule has 2 aliphatic rings. The molecule has 0 bridgehead atoms. The van der Waals surface area contributed by atoms with Crippen LogP contribution in [0.3, 0.4) is 0 Å². The lowest BCUT2D eigenvalue weighted by Gasteiger charge is -2.16. The summed E-state index contributed by atoms with van der Waals surface area (Å²) in [5.41, 5.74) is -0.566. The first-order valence-electron chi connectivity index (χ1n) is 6.11. The van der Waals surface area contributed by atoms with Gasteiger partial charge in [-0.1, -0.05) is 13.8 Å². The molecule has 2 aliphatic carbocycles. The number of hydrogen-bond donors (Lipinski definition) is 0. The molecule has 100 valence electrons. The maximum Gasteiger partial charge on any atom is 0.293 e. The van der Waals surface area contributed by atoms with Gasteiger partial charge in [-0.2, -0.15) is 13.9 Å². The highest BCUT2D eigenvalue weighted by molar-refractivity contribution is 5.46. The summed E-state index contributed by atoms with van der Waals surface area (Å²) < 4.78 is 55.0. The summed E-state index contributed by atoms with van der Waals surface area (Å²) in [6, 6.07) is 0. The molecule has 0 unspecified atom stereocenters. The minimum absolute atomic E-state index is 0.0900. The third-order valence-electron chi connectivity index (χ3n) is 3.71. The molecular weight excluding hydrogens is 248 g/mol. The van der Waals surface area contributed by atoms with E-state index in [4.69, 9.17) is 0 Å². The van der Waals surface area contributed by atoms with Crippen molar-refractivity contribution in [3.63, 3.8) is 0 Å². The molecule has 0 N–H and O–H groups in total. The Morgan fingerprint density at radius 2 is 2.06 bits per heavy atom. The van der Waals surface area contributed by atoms with Crippen LogP contribution in [0.2, 0.25) is 0 Å². The van der Waals surface area contributed by atoms with Crippen molar-refractivity contribution >= 4 is 0 Å². The lowest BCUT2D eigenvalue weighted by Crippen LogP contribution is -2.21. The number of rotatable bonds is 3. The van der Waals surface area contributed by atoms with E-state index < -0.39 is 29.9 Å². The summed E-state index contributed by atoms with van der Waals surface area (Å²) in [5.74, 6) is -4.08. The summed E-state index contributed by atoms with van der Waals surface area (Å²) in [6.45, 7) is 3.96. The Labute approximate surface area is 102 Å². The SMILES string of the molecule is CC(C)Cn1nc(C(F)F)c2c1C(F)(F)[C@@H]1C[C@H]21. The number of aromatic nitrogens is 2. The fourth-order valence-electron chi connectivity index (χ4n) is 2.94. The lowest BCUT2D eigenvalue weighted by atomic mass is 10.1. The summed E-state index contributed by atoms with van der Waals surface area (Å²) in [6.07, 6.45) is -2.46. The Morgan fingerprint density at radius 3 is 2.61 bits per heavy atom. The second kappa shape index (κ2) is 3.48. The number of fused-ring (bicyclic) bond motifs is 3. The van der Waals surface area contributed by atoms with Crippen LogP contribution in [-0.4, -0.2) is 9.78 Å². The predicted octanol–water partition coefficient (Wildman–Crippen LogP) is 3.69. The van der Waals surface area contributed by atoms with Gasteiger partial charge in [-0.05, 0) is 18.3 Å². The lowest BCUT2D eigenvalue weighted by molar-refractivity contribution is -0.0315. The van der Waals surface area contributed by atoms with Gasteiger partial charge < -0.3 is 0 Å². The molecule has 18 heavy (non-hydrogen) atoms. The molecule has 1 fully saturated rings. The summed E-state index contributed by atoms with van der Waals surface area (Å²) in [4.78, 5) is 0. The molecule has 0 aromatic carbocycles. The molecule has 1 heterocycles. The van der Waals surface area contributed by atoms with Crippen molar-refractivity contribution in [2.45, 2.75) is 45.1 Å². The van der Waals surface area contributed by atoms with Gasteiger partial charge in [0.1, 0.15) is 11.4 Å². The molecule has 2 atom stereocenters.